The van der Waals surface area contributed by atoms with Gasteiger partial charge < -0.3 is 0 Å². The van der Waals surface area contributed by atoms with Crippen LogP contribution in [0.3, 0.4) is 0 Å². The molecule has 22 heavy (non-hydrogen) atoms. The molecule has 0 aromatic heterocycles. The maximum absolute atomic E-state index is 11.0. The van der Waals surface area contributed by atoms with Crippen molar-refractivity contribution in [1.29, 1.82) is 0 Å². The summed E-state index contributed by atoms with van der Waals surface area (Å²) >= 11 is 1.57. The lowest BCUT2D eigenvalue weighted by Gasteiger charge is -2.15. The molecule has 0 saturated heterocycles. The van der Waals surface area contributed by atoms with Gasteiger partial charge in [-0.2, -0.15) is 5.10 Å². The highest BCUT2D eigenvalue weighted by atomic mass is 32.2. The van der Waals surface area contributed by atoms with Crippen LogP contribution in [0.1, 0.15) is 31.4 Å². The number of nitro benzene ring substituents is 1. The highest BCUT2D eigenvalue weighted by molar-refractivity contribution is 8.14. The Balaban J connectivity index is 2.08. The Hall–Kier alpha value is -1.89. The average Bonchev–Trinajstić information content (AvgIpc) is 2.48. The van der Waals surface area contributed by atoms with E-state index in [4.69, 9.17) is 0 Å². The van der Waals surface area contributed by atoms with Crippen LogP contribution in [0.4, 0.5) is 5.69 Å². The van der Waals surface area contributed by atoms with Crippen molar-refractivity contribution in [3.63, 3.8) is 0 Å². The third-order valence-electron chi connectivity index (χ3n) is 3.33. The summed E-state index contributed by atoms with van der Waals surface area (Å²) in [5.74, 6) is 1.29. The van der Waals surface area contributed by atoms with Gasteiger partial charge in [0.15, 0.2) is 5.17 Å². The van der Waals surface area contributed by atoms with E-state index in [0.717, 1.165) is 29.4 Å². The number of nitrogens with one attached hydrogen (secondary N) is 1. The van der Waals surface area contributed by atoms with Crippen LogP contribution in [-0.2, 0) is 0 Å². The number of aryl methyl sites for hydroxylation is 1. The smallest absolute Gasteiger partial charge is 0.261 e. The molecule has 1 N–H and O–H groups in total. The van der Waals surface area contributed by atoms with Gasteiger partial charge in [0.1, 0.15) is 0 Å². The van der Waals surface area contributed by atoms with Gasteiger partial charge in [0, 0.05) is 29.5 Å². The van der Waals surface area contributed by atoms with Crippen molar-refractivity contribution in [3.8, 4) is 0 Å². The first-order valence-electron chi connectivity index (χ1n) is 7.22. The Kier molecular flexibility index (Phi) is 5.54. The van der Waals surface area contributed by atoms with Crippen LogP contribution in [0.2, 0.25) is 0 Å². The summed E-state index contributed by atoms with van der Waals surface area (Å²) in [4.78, 5) is 15.1. The molecule has 0 radical (unpaired) electrons. The normalized spacial score (nSPS) is 16.5. The zero-order chi connectivity index (χ0) is 16.1. The van der Waals surface area contributed by atoms with Crippen molar-refractivity contribution >= 4 is 28.3 Å². The topological polar surface area (TPSA) is 79.9 Å². The predicted octanol–water partition coefficient (Wildman–Crippen LogP) is 3.35. The van der Waals surface area contributed by atoms with Gasteiger partial charge in [0.25, 0.3) is 5.69 Å². The average molecular weight is 320 g/mol. The first-order chi connectivity index (χ1) is 10.5. The van der Waals surface area contributed by atoms with E-state index in [-0.39, 0.29) is 10.6 Å². The van der Waals surface area contributed by atoms with Crippen molar-refractivity contribution in [1.82, 2.24) is 5.43 Å². The van der Waals surface area contributed by atoms with Crippen molar-refractivity contribution < 1.29 is 4.92 Å². The number of amidine groups is 1. The predicted molar refractivity (Wildman–Crippen MR) is 91.7 cm³/mol. The molecule has 0 unspecified atom stereocenters. The van der Waals surface area contributed by atoms with Crippen LogP contribution in [-0.4, -0.2) is 28.1 Å². The number of nitro groups is 1. The monoisotopic (exact) mass is 320 g/mol. The summed E-state index contributed by atoms with van der Waals surface area (Å²) in [5.41, 5.74) is 5.29. The SMILES string of the molecule is Cc1ccc(C2=NNC(=NCCC(C)C)SC2)cc1[N+](=O)[O-]. The molecule has 1 heterocycles. The second kappa shape index (κ2) is 7.40. The molecule has 0 fully saturated rings. The summed E-state index contributed by atoms with van der Waals surface area (Å²) in [6, 6.07) is 5.20. The van der Waals surface area contributed by atoms with E-state index in [1.165, 1.54) is 0 Å². The van der Waals surface area contributed by atoms with Crippen molar-refractivity contribution in [2.24, 2.45) is 16.0 Å². The van der Waals surface area contributed by atoms with Crippen molar-refractivity contribution in [3.05, 3.63) is 39.4 Å². The minimum Gasteiger partial charge on any atom is -0.261 e. The van der Waals surface area contributed by atoms with Crippen molar-refractivity contribution in [2.45, 2.75) is 27.2 Å². The second-order valence-electron chi connectivity index (χ2n) is 5.59. The molecule has 1 aliphatic heterocycles. The standard InChI is InChI=1S/C15H20N4O2S/c1-10(2)6-7-16-15-18-17-13(9-22-15)12-5-4-11(3)14(8-12)19(20)21/h4-5,8,10H,6-7,9H2,1-3H3,(H,16,18). The Morgan fingerprint density at radius 1 is 1.50 bits per heavy atom. The van der Waals surface area contributed by atoms with Gasteiger partial charge in [-0.3, -0.25) is 20.5 Å². The third kappa shape index (κ3) is 4.30. The molecule has 118 valence electrons. The van der Waals surface area contributed by atoms with Crippen LogP contribution >= 0.6 is 11.8 Å². The zero-order valence-electron chi connectivity index (χ0n) is 13.0. The molecular weight excluding hydrogens is 300 g/mol. The van der Waals surface area contributed by atoms with Gasteiger partial charge in [-0.05, 0) is 19.3 Å². The van der Waals surface area contributed by atoms with Crippen molar-refractivity contribution in [2.75, 3.05) is 12.3 Å². The van der Waals surface area contributed by atoms with Crippen LogP contribution in [0, 0.1) is 23.0 Å². The van der Waals surface area contributed by atoms with Crippen LogP contribution < -0.4 is 5.43 Å². The van der Waals surface area contributed by atoms with E-state index in [2.05, 4.69) is 29.4 Å². The molecule has 0 bridgehead atoms. The van der Waals surface area contributed by atoms with Gasteiger partial charge in [0.2, 0.25) is 0 Å². The highest BCUT2D eigenvalue weighted by Crippen LogP contribution is 2.22. The number of hydrazone groups is 1. The van der Waals surface area contributed by atoms with Gasteiger partial charge in [-0.25, -0.2) is 0 Å². The van der Waals surface area contributed by atoms with Gasteiger partial charge in [0.05, 0.1) is 10.6 Å². The van der Waals surface area contributed by atoms with E-state index in [1.807, 2.05) is 6.07 Å². The quantitative estimate of drug-likeness (QED) is 0.666. The summed E-state index contributed by atoms with van der Waals surface area (Å²) in [5, 5.41) is 16.1. The molecule has 6 nitrogen and oxygen atoms in total. The Morgan fingerprint density at radius 2 is 2.27 bits per heavy atom. The Morgan fingerprint density at radius 3 is 2.86 bits per heavy atom. The molecule has 1 aromatic carbocycles. The van der Waals surface area contributed by atoms with Gasteiger partial charge >= 0.3 is 0 Å². The van der Waals surface area contributed by atoms with Crippen LogP contribution in [0.25, 0.3) is 0 Å². The largest absolute Gasteiger partial charge is 0.272 e. The molecule has 0 aliphatic carbocycles. The molecular formula is C15H20N4O2S. The lowest BCUT2D eigenvalue weighted by atomic mass is 10.1. The Labute approximate surface area is 134 Å². The molecule has 2 rings (SSSR count). The first kappa shape index (κ1) is 16.5. The lowest BCUT2D eigenvalue weighted by Crippen LogP contribution is -2.25. The van der Waals surface area contributed by atoms with Crippen LogP contribution in [0.15, 0.2) is 28.3 Å². The maximum atomic E-state index is 11.0. The Bertz CT molecular complexity index is 626. The number of rotatable bonds is 5. The first-order valence-corrected chi connectivity index (χ1v) is 8.21. The van der Waals surface area contributed by atoms with Gasteiger partial charge in [-0.15, -0.1) is 0 Å². The second-order valence-corrected chi connectivity index (χ2v) is 6.55. The molecule has 0 saturated carbocycles. The van der Waals surface area contributed by atoms with Crippen LogP contribution in [0.5, 0.6) is 0 Å². The molecule has 7 heteroatoms. The maximum Gasteiger partial charge on any atom is 0.272 e. The van der Waals surface area contributed by atoms with Gasteiger partial charge in [-0.1, -0.05) is 37.7 Å². The molecule has 0 spiro atoms. The van der Waals surface area contributed by atoms with E-state index >= 15 is 0 Å². The van der Waals surface area contributed by atoms with E-state index in [0.29, 0.717) is 17.2 Å². The fourth-order valence-electron chi connectivity index (χ4n) is 1.96. The minimum absolute atomic E-state index is 0.126. The summed E-state index contributed by atoms with van der Waals surface area (Å²) in [7, 11) is 0. The minimum atomic E-state index is -0.360. The molecule has 0 amide bonds. The van der Waals surface area contributed by atoms with E-state index in [1.54, 1.807) is 30.8 Å². The number of nitrogens with zero attached hydrogens (tertiary/aromatic N) is 3. The van der Waals surface area contributed by atoms with E-state index in [9.17, 15) is 10.1 Å². The zero-order valence-corrected chi connectivity index (χ0v) is 13.8. The fraction of sp³-hybridized carbons (Fsp3) is 0.467. The number of aliphatic imine (C=N–C) groups is 1. The number of thioether (sulfide) groups is 1. The number of hydrogen-bond acceptors (Lipinski definition) is 5. The number of benzene rings is 1. The number of hydrogen-bond donors (Lipinski definition) is 1. The fourth-order valence-corrected chi connectivity index (χ4v) is 2.75. The summed E-state index contributed by atoms with van der Waals surface area (Å²) in [6.07, 6.45) is 1.05. The molecule has 0 atom stereocenters. The lowest BCUT2D eigenvalue weighted by molar-refractivity contribution is -0.385. The third-order valence-corrected chi connectivity index (χ3v) is 4.24. The highest BCUT2D eigenvalue weighted by Gasteiger charge is 2.17. The summed E-state index contributed by atoms with van der Waals surface area (Å²) < 4.78 is 0. The summed E-state index contributed by atoms with van der Waals surface area (Å²) in [6.45, 7) is 6.86. The van der Waals surface area contributed by atoms with E-state index < -0.39 is 0 Å². The molecule has 1 aromatic rings. The molecule has 1 aliphatic rings.